The Kier molecular flexibility index (Phi) is 7.30. The summed E-state index contributed by atoms with van der Waals surface area (Å²) >= 11 is 0. The summed E-state index contributed by atoms with van der Waals surface area (Å²) < 4.78 is 5.16. The van der Waals surface area contributed by atoms with E-state index in [-0.39, 0.29) is 5.78 Å². The Labute approximate surface area is 181 Å². The molecule has 4 amide bonds. The summed E-state index contributed by atoms with van der Waals surface area (Å²) in [5.41, 5.74) is 0. The summed E-state index contributed by atoms with van der Waals surface area (Å²) in [4.78, 5) is 66.1. The average molecular weight is 437 g/mol. The zero-order chi connectivity index (χ0) is 22.7. The van der Waals surface area contributed by atoms with Gasteiger partial charge in [0.2, 0.25) is 23.6 Å². The van der Waals surface area contributed by atoms with Gasteiger partial charge in [-0.15, -0.1) is 0 Å². The maximum Gasteiger partial charge on any atom is 0.246 e. The molecule has 6 atom stereocenters. The molecule has 3 saturated heterocycles. The van der Waals surface area contributed by atoms with Crippen molar-refractivity contribution in [3.05, 3.63) is 0 Å². The van der Waals surface area contributed by atoms with E-state index in [0.717, 1.165) is 6.42 Å². The van der Waals surface area contributed by atoms with Crippen LogP contribution in [0.15, 0.2) is 0 Å². The van der Waals surface area contributed by atoms with Gasteiger partial charge in [-0.3, -0.25) is 24.0 Å². The van der Waals surface area contributed by atoms with Gasteiger partial charge in [0.1, 0.15) is 30.3 Å². The third-order valence-corrected chi connectivity index (χ3v) is 6.19. The van der Waals surface area contributed by atoms with Crippen LogP contribution in [-0.2, 0) is 28.7 Å². The van der Waals surface area contributed by atoms with Crippen LogP contribution in [-0.4, -0.2) is 77.7 Å². The number of hydrogen-bond donors (Lipinski definition) is 3. The summed E-state index contributed by atoms with van der Waals surface area (Å²) in [5, 5.41) is 7.92. The summed E-state index contributed by atoms with van der Waals surface area (Å²) in [6.07, 6.45) is 2.49. The first-order valence-electron chi connectivity index (χ1n) is 11.1. The van der Waals surface area contributed by atoms with Crippen LogP contribution in [0.2, 0.25) is 0 Å². The number of nitrogens with one attached hydrogen (secondary N) is 3. The first-order chi connectivity index (χ1) is 14.7. The van der Waals surface area contributed by atoms with Crippen molar-refractivity contribution in [2.45, 2.75) is 83.1 Å². The molecule has 3 N–H and O–H groups in total. The Bertz CT molecular complexity index is 752. The molecule has 0 radical (unpaired) electrons. The maximum absolute atomic E-state index is 13.6. The second-order valence-corrected chi connectivity index (χ2v) is 8.61. The Morgan fingerprint density at radius 1 is 1.06 bits per heavy atom. The molecule has 3 aliphatic heterocycles. The van der Waals surface area contributed by atoms with Gasteiger partial charge in [0.15, 0.2) is 5.78 Å². The minimum atomic E-state index is -1.11. The van der Waals surface area contributed by atoms with Crippen molar-refractivity contribution in [2.75, 3.05) is 13.2 Å². The fourth-order valence-electron chi connectivity index (χ4n) is 4.22. The maximum atomic E-state index is 13.6. The number of amides is 4. The number of Topliss-reactive ketones (excluding diaryl/α,β-unsaturated/α-hetero) is 1. The van der Waals surface area contributed by atoms with Gasteiger partial charge in [-0.1, -0.05) is 19.8 Å². The Balaban J connectivity index is 1.95. The third-order valence-electron chi connectivity index (χ3n) is 6.19. The number of nitrogens with zero attached hydrogens (tertiary/aromatic N) is 1. The molecule has 3 rings (SSSR count). The van der Waals surface area contributed by atoms with Crippen LogP contribution in [0.4, 0.5) is 0 Å². The van der Waals surface area contributed by atoms with Crippen LogP contribution in [0.5, 0.6) is 0 Å². The molecular formula is C21H32N4O6. The number of fused-ring (bicyclic) bond motifs is 1. The number of unbranched alkanes of at least 4 members (excludes halogenated alkanes) is 1. The van der Waals surface area contributed by atoms with Gasteiger partial charge in [-0.05, 0) is 33.1 Å². The molecule has 0 aromatic rings. The molecule has 0 saturated carbocycles. The second-order valence-electron chi connectivity index (χ2n) is 8.61. The van der Waals surface area contributed by atoms with Gasteiger partial charge >= 0.3 is 0 Å². The lowest BCUT2D eigenvalue weighted by molar-refractivity contribution is -0.146. The molecule has 3 heterocycles. The van der Waals surface area contributed by atoms with E-state index in [1.807, 2.05) is 6.92 Å². The number of carbonyl (C=O) groups is 5. The summed E-state index contributed by atoms with van der Waals surface area (Å²) in [7, 11) is 0. The van der Waals surface area contributed by atoms with E-state index < -0.39 is 59.8 Å². The number of ether oxygens (including phenoxy) is 1. The van der Waals surface area contributed by atoms with Crippen LogP contribution >= 0.6 is 0 Å². The molecular weight excluding hydrogens is 404 g/mol. The average Bonchev–Trinajstić information content (AvgIpc) is 3.47. The lowest BCUT2D eigenvalue weighted by Gasteiger charge is -2.34. The third kappa shape index (κ3) is 5.23. The lowest BCUT2D eigenvalue weighted by Crippen LogP contribution is -2.62. The fraction of sp³-hybridized carbons (Fsp3) is 0.762. The van der Waals surface area contributed by atoms with Crippen LogP contribution in [0.25, 0.3) is 0 Å². The second kappa shape index (κ2) is 9.76. The summed E-state index contributed by atoms with van der Waals surface area (Å²) in [6.45, 7) is 5.68. The van der Waals surface area contributed by atoms with Crippen LogP contribution in [0, 0.1) is 5.92 Å². The minimum Gasteiger partial charge on any atom is -0.365 e. The molecule has 172 valence electrons. The molecule has 3 fully saturated rings. The molecule has 0 spiro atoms. The summed E-state index contributed by atoms with van der Waals surface area (Å²) in [6, 6.07) is -3.63. The van der Waals surface area contributed by atoms with Gasteiger partial charge in [-0.2, -0.15) is 0 Å². The highest BCUT2D eigenvalue weighted by atomic mass is 16.6. The zero-order valence-electron chi connectivity index (χ0n) is 18.3. The Hall–Kier alpha value is -2.49. The summed E-state index contributed by atoms with van der Waals surface area (Å²) in [5.74, 6) is -2.84. The standard InChI is InChI=1S/C21H32N4O6/c1-4-5-7-13(17(26)15-10-31-15)16-21(30)25-9-6-8-14(25)20(29)23-11(2)18(27)22-12(3)19(28)24-16/h11-16H,4-10H2,1-3H3,(H,22,27)(H,23,29)(H,24,28). The highest BCUT2D eigenvalue weighted by Crippen LogP contribution is 2.27. The Morgan fingerprint density at radius 3 is 2.29 bits per heavy atom. The van der Waals surface area contributed by atoms with E-state index in [4.69, 9.17) is 4.74 Å². The van der Waals surface area contributed by atoms with Crippen molar-refractivity contribution in [1.82, 2.24) is 20.9 Å². The SMILES string of the molecule is CCCCC(C(=O)C1CO1)C1NC(=O)C(C)NC(=O)C(C)NC(=O)C2CCCN2C1=O. The molecule has 3 aliphatic rings. The van der Waals surface area contributed by atoms with Crippen molar-refractivity contribution in [3.63, 3.8) is 0 Å². The monoisotopic (exact) mass is 436 g/mol. The molecule has 6 unspecified atom stereocenters. The molecule has 0 aromatic heterocycles. The van der Waals surface area contributed by atoms with E-state index in [0.29, 0.717) is 38.8 Å². The predicted molar refractivity (Wildman–Crippen MR) is 110 cm³/mol. The van der Waals surface area contributed by atoms with Crippen molar-refractivity contribution >= 4 is 29.4 Å². The molecule has 10 nitrogen and oxygen atoms in total. The number of carbonyl (C=O) groups excluding carboxylic acids is 5. The van der Waals surface area contributed by atoms with Gasteiger partial charge in [0.25, 0.3) is 0 Å². The number of hydrogen-bond acceptors (Lipinski definition) is 6. The van der Waals surface area contributed by atoms with E-state index in [2.05, 4.69) is 16.0 Å². The highest BCUT2D eigenvalue weighted by molar-refractivity contribution is 6.00. The van der Waals surface area contributed by atoms with Crippen molar-refractivity contribution in [2.24, 2.45) is 5.92 Å². The molecule has 0 bridgehead atoms. The Morgan fingerprint density at radius 2 is 1.68 bits per heavy atom. The lowest BCUT2D eigenvalue weighted by atomic mass is 9.87. The van der Waals surface area contributed by atoms with E-state index in [1.165, 1.54) is 18.7 Å². The normalized spacial score (nSPS) is 32.7. The quantitative estimate of drug-likeness (QED) is 0.469. The van der Waals surface area contributed by atoms with Crippen molar-refractivity contribution in [1.29, 1.82) is 0 Å². The molecule has 31 heavy (non-hydrogen) atoms. The fourth-order valence-corrected chi connectivity index (χ4v) is 4.22. The van der Waals surface area contributed by atoms with Crippen LogP contribution in [0.3, 0.4) is 0 Å². The van der Waals surface area contributed by atoms with Gasteiger partial charge in [-0.25, -0.2) is 0 Å². The first kappa shape index (κ1) is 23.2. The molecule has 10 heteroatoms. The number of ketones is 1. The van der Waals surface area contributed by atoms with E-state index >= 15 is 0 Å². The van der Waals surface area contributed by atoms with E-state index in [1.54, 1.807) is 0 Å². The van der Waals surface area contributed by atoms with Gasteiger partial charge in [0.05, 0.1) is 6.61 Å². The highest BCUT2D eigenvalue weighted by Gasteiger charge is 2.46. The van der Waals surface area contributed by atoms with Gasteiger partial charge < -0.3 is 25.6 Å². The zero-order valence-corrected chi connectivity index (χ0v) is 18.3. The molecule has 0 aliphatic carbocycles. The smallest absolute Gasteiger partial charge is 0.246 e. The van der Waals surface area contributed by atoms with Crippen LogP contribution in [0.1, 0.15) is 52.9 Å². The van der Waals surface area contributed by atoms with Crippen molar-refractivity contribution in [3.8, 4) is 0 Å². The predicted octanol–water partition coefficient (Wildman–Crippen LogP) is -0.740. The largest absolute Gasteiger partial charge is 0.365 e. The van der Waals surface area contributed by atoms with E-state index in [9.17, 15) is 24.0 Å². The van der Waals surface area contributed by atoms with Crippen molar-refractivity contribution < 1.29 is 28.7 Å². The topological polar surface area (TPSA) is 137 Å². The number of epoxide rings is 1. The van der Waals surface area contributed by atoms with Gasteiger partial charge in [0, 0.05) is 12.5 Å². The first-order valence-corrected chi connectivity index (χ1v) is 11.1. The molecule has 0 aromatic carbocycles. The van der Waals surface area contributed by atoms with Crippen LogP contribution < -0.4 is 16.0 Å². The number of rotatable bonds is 6. The minimum absolute atomic E-state index is 0.204.